The van der Waals surface area contributed by atoms with Gasteiger partial charge in [-0.2, -0.15) is 5.10 Å². The Labute approximate surface area is 133 Å². The Morgan fingerprint density at radius 2 is 2.22 bits per heavy atom. The number of hydrogen-bond donors (Lipinski definition) is 4. The molecule has 11 heteroatoms. The highest BCUT2D eigenvalue weighted by atomic mass is 32.1. The van der Waals surface area contributed by atoms with Gasteiger partial charge in [0.1, 0.15) is 5.75 Å². The zero-order chi connectivity index (χ0) is 17.0. The summed E-state index contributed by atoms with van der Waals surface area (Å²) in [5, 5.41) is 35.2. The molecule has 1 aromatic heterocycles. The van der Waals surface area contributed by atoms with Crippen LogP contribution in [0.2, 0.25) is 0 Å². The highest BCUT2D eigenvalue weighted by molar-refractivity contribution is 7.13. The molecule has 10 nitrogen and oxygen atoms in total. The van der Waals surface area contributed by atoms with Gasteiger partial charge in [-0.25, -0.2) is 10.4 Å². The second-order valence-electron chi connectivity index (χ2n) is 4.30. The number of anilines is 1. The summed E-state index contributed by atoms with van der Waals surface area (Å²) in [5.74, 6) is -1.56. The smallest absolute Gasteiger partial charge is 0.311 e. The predicted molar refractivity (Wildman–Crippen MR) is 82.4 cm³/mol. The zero-order valence-corrected chi connectivity index (χ0v) is 12.3. The Balaban J connectivity index is 2.04. The van der Waals surface area contributed by atoms with Crippen LogP contribution in [0.25, 0.3) is 0 Å². The molecule has 1 amide bonds. The van der Waals surface area contributed by atoms with E-state index in [1.165, 1.54) is 11.3 Å². The fourth-order valence-corrected chi connectivity index (χ4v) is 2.18. The molecular weight excluding hydrogens is 326 g/mol. The maximum Gasteiger partial charge on any atom is 0.311 e. The first-order valence-corrected chi connectivity index (χ1v) is 6.97. The third-order valence-electron chi connectivity index (χ3n) is 2.62. The number of aromatic nitrogens is 1. The van der Waals surface area contributed by atoms with Crippen LogP contribution in [-0.4, -0.2) is 32.2 Å². The molecule has 0 saturated carbocycles. The van der Waals surface area contributed by atoms with Crippen LogP contribution in [-0.2, 0) is 11.2 Å². The van der Waals surface area contributed by atoms with E-state index in [9.17, 15) is 25.1 Å². The number of nitrogens with two attached hydrogens (primary N) is 1. The topological polar surface area (TPSA) is 164 Å². The Morgan fingerprint density at radius 1 is 1.48 bits per heavy atom. The first-order chi connectivity index (χ1) is 10.9. The zero-order valence-electron chi connectivity index (χ0n) is 11.5. The van der Waals surface area contributed by atoms with E-state index in [1.54, 1.807) is 5.38 Å². The van der Waals surface area contributed by atoms with Crippen molar-refractivity contribution >= 4 is 34.3 Å². The number of aromatic hydroxyl groups is 2. The molecule has 0 bridgehead atoms. The lowest BCUT2D eigenvalue weighted by Gasteiger charge is -2.01. The minimum Gasteiger partial charge on any atom is -0.507 e. The molecule has 23 heavy (non-hydrogen) atoms. The third-order valence-corrected chi connectivity index (χ3v) is 3.35. The third kappa shape index (κ3) is 4.14. The molecule has 0 radical (unpaired) electrons. The van der Waals surface area contributed by atoms with Gasteiger partial charge in [0, 0.05) is 23.1 Å². The molecule has 0 aliphatic heterocycles. The summed E-state index contributed by atoms with van der Waals surface area (Å²) in [7, 11) is 0. The minimum atomic E-state index is -0.808. The molecule has 0 spiro atoms. The average molecular weight is 337 g/mol. The van der Waals surface area contributed by atoms with Crippen molar-refractivity contribution in [1.82, 2.24) is 10.4 Å². The van der Waals surface area contributed by atoms with Crippen LogP contribution in [0.3, 0.4) is 0 Å². The van der Waals surface area contributed by atoms with Crippen LogP contribution in [0.15, 0.2) is 22.6 Å². The Morgan fingerprint density at radius 3 is 2.83 bits per heavy atom. The number of rotatable bonds is 5. The molecule has 0 atom stereocenters. The lowest BCUT2D eigenvalue weighted by atomic mass is 10.2. The highest BCUT2D eigenvalue weighted by Crippen LogP contribution is 2.31. The van der Waals surface area contributed by atoms with E-state index >= 15 is 0 Å². The van der Waals surface area contributed by atoms with Crippen LogP contribution < -0.4 is 11.2 Å². The normalized spacial score (nSPS) is 10.8. The lowest BCUT2D eigenvalue weighted by Crippen LogP contribution is -2.20. The number of nitrogens with zero attached hydrogens (tertiary/aromatic N) is 3. The number of hydrazone groups is 1. The molecule has 0 saturated heterocycles. The molecule has 120 valence electrons. The number of nitrogens with one attached hydrogen (secondary N) is 1. The second kappa shape index (κ2) is 6.70. The predicted octanol–water partition coefficient (Wildman–Crippen LogP) is 0.737. The first-order valence-electron chi connectivity index (χ1n) is 6.09. The van der Waals surface area contributed by atoms with Crippen LogP contribution in [0.4, 0.5) is 10.8 Å². The van der Waals surface area contributed by atoms with Crippen molar-refractivity contribution in [2.75, 3.05) is 5.73 Å². The molecule has 1 aromatic carbocycles. The molecule has 0 fully saturated rings. The van der Waals surface area contributed by atoms with Crippen LogP contribution in [0.1, 0.15) is 11.3 Å². The van der Waals surface area contributed by atoms with Crippen molar-refractivity contribution in [2.45, 2.75) is 6.42 Å². The number of benzene rings is 1. The van der Waals surface area contributed by atoms with Gasteiger partial charge >= 0.3 is 5.69 Å². The number of thiazole rings is 1. The maximum atomic E-state index is 11.6. The first kappa shape index (κ1) is 16.2. The van der Waals surface area contributed by atoms with Crippen molar-refractivity contribution in [3.05, 3.63) is 38.9 Å². The Kier molecular flexibility index (Phi) is 4.71. The van der Waals surface area contributed by atoms with E-state index in [4.69, 9.17) is 5.73 Å². The lowest BCUT2D eigenvalue weighted by molar-refractivity contribution is -0.385. The van der Waals surface area contributed by atoms with Crippen molar-refractivity contribution in [2.24, 2.45) is 5.10 Å². The van der Waals surface area contributed by atoms with Crippen molar-refractivity contribution < 1.29 is 19.9 Å². The second-order valence-corrected chi connectivity index (χ2v) is 5.19. The van der Waals surface area contributed by atoms with E-state index in [0.29, 0.717) is 10.8 Å². The number of amides is 1. The SMILES string of the molecule is Nc1nc(CC(=O)N/N=C/c2cc([N+](=O)[O-])c(O)cc2O)cs1. The molecule has 2 rings (SSSR count). The van der Waals surface area contributed by atoms with Gasteiger partial charge in [-0.15, -0.1) is 11.3 Å². The maximum absolute atomic E-state index is 11.6. The van der Waals surface area contributed by atoms with Crippen LogP contribution in [0, 0.1) is 10.1 Å². The van der Waals surface area contributed by atoms with Gasteiger partial charge in [-0.1, -0.05) is 0 Å². The number of hydrogen-bond acceptors (Lipinski definition) is 9. The van der Waals surface area contributed by atoms with Crippen molar-refractivity contribution in [1.29, 1.82) is 0 Å². The van der Waals surface area contributed by atoms with Crippen LogP contribution in [0.5, 0.6) is 11.5 Å². The molecule has 0 unspecified atom stereocenters. The number of phenolic OH excluding ortho intramolecular Hbond substituents is 2. The van der Waals surface area contributed by atoms with E-state index < -0.39 is 28.0 Å². The van der Waals surface area contributed by atoms with Gasteiger partial charge in [-0.05, 0) is 0 Å². The Bertz CT molecular complexity index is 788. The summed E-state index contributed by atoms with van der Waals surface area (Å²) in [6.07, 6.45) is 0.988. The number of phenols is 2. The number of nitro groups is 1. The number of nitro benzene ring substituents is 1. The molecule has 1 heterocycles. The van der Waals surface area contributed by atoms with E-state index in [1.807, 2.05) is 0 Å². The molecule has 0 aliphatic carbocycles. The monoisotopic (exact) mass is 337 g/mol. The summed E-state index contributed by atoms with van der Waals surface area (Å²) in [4.78, 5) is 25.4. The van der Waals surface area contributed by atoms with Crippen molar-refractivity contribution in [3.63, 3.8) is 0 Å². The van der Waals surface area contributed by atoms with E-state index in [0.717, 1.165) is 18.3 Å². The standard InChI is InChI=1S/C12H11N5O5S/c13-12-15-7(5-23-12)2-11(20)16-14-4-6-1-8(17(21)22)10(19)3-9(6)18/h1,3-5,18-19H,2H2,(H2,13,15)(H,16,20)/b14-4+. The number of carbonyl (C=O) groups is 1. The van der Waals surface area contributed by atoms with Crippen molar-refractivity contribution in [3.8, 4) is 11.5 Å². The fraction of sp³-hybridized carbons (Fsp3) is 0.0833. The van der Waals surface area contributed by atoms with E-state index in [2.05, 4.69) is 15.5 Å². The highest BCUT2D eigenvalue weighted by Gasteiger charge is 2.16. The summed E-state index contributed by atoms with van der Waals surface area (Å²) < 4.78 is 0. The molecular formula is C12H11N5O5S. The molecule has 5 N–H and O–H groups in total. The fourth-order valence-electron chi connectivity index (χ4n) is 1.61. The van der Waals surface area contributed by atoms with Gasteiger partial charge < -0.3 is 15.9 Å². The molecule has 0 aliphatic rings. The molecule has 2 aromatic rings. The van der Waals surface area contributed by atoms with Gasteiger partial charge in [-0.3, -0.25) is 14.9 Å². The number of nitrogen functional groups attached to an aromatic ring is 1. The largest absolute Gasteiger partial charge is 0.507 e. The number of carbonyl (C=O) groups excluding carboxylic acids is 1. The quantitative estimate of drug-likeness (QED) is 0.355. The summed E-state index contributed by atoms with van der Waals surface area (Å²) in [6, 6.07) is 1.75. The summed E-state index contributed by atoms with van der Waals surface area (Å²) in [6.45, 7) is 0. The van der Waals surface area contributed by atoms with Gasteiger partial charge in [0.05, 0.1) is 23.3 Å². The van der Waals surface area contributed by atoms with Gasteiger partial charge in [0.25, 0.3) is 0 Å². The van der Waals surface area contributed by atoms with Gasteiger partial charge in [0.2, 0.25) is 5.91 Å². The van der Waals surface area contributed by atoms with Crippen LogP contribution >= 0.6 is 11.3 Å². The summed E-state index contributed by atoms with van der Waals surface area (Å²) in [5.41, 5.74) is 7.50. The summed E-state index contributed by atoms with van der Waals surface area (Å²) >= 11 is 1.20. The minimum absolute atomic E-state index is 0.0345. The Hall–Kier alpha value is -3.21. The van der Waals surface area contributed by atoms with E-state index in [-0.39, 0.29) is 12.0 Å². The average Bonchev–Trinajstić information content (AvgIpc) is 2.86. The van der Waals surface area contributed by atoms with Gasteiger partial charge in [0.15, 0.2) is 10.9 Å².